The first-order valence-corrected chi connectivity index (χ1v) is 7.21. The second kappa shape index (κ2) is 6.80. The zero-order valence-corrected chi connectivity index (χ0v) is 11.1. The monoisotopic (exact) mass is 231 g/mol. The summed E-state index contributed by atoms with van der Waals surface area (Å²) in [6.45, 7) is 4.47. The molecule has 1 aromatic rings. The van der Waals surface area contributed by atoms with Crippen molar-refractivity contribution in [3.8, 4) is 0 Å². The molecule has 0 atom stereocenters. The normalized spacial score (nSPS) is 13.9. The van der Waals surface area contributed by atoms with Crippen molar-refractivity contribution in [2.45, 2.75) is 58.4 Å². The van der Waals surface area contributed by atoms with Crippen molar-refractivity contribution in [3.05, 3.63) is 34.9 Å². The molecular formula is C16H25N. The summed E-state index contributed by atoms with van der Waals surface area (Å²) >= 11 is 0. The van der Waals surface area contributed by atoms with E-state index in [0.29, 0.717) is 0 Å². The van der Waals surface area contributed by atoms with E-state index in [1.807, 2.05) is 0 Å². The van der Waals surface area contributed by atoms with E-state index in [1.54, 1.807) is 11.1 Å². The zero-order valence-electron chi connectivity index (χ0n) is 11.1. The van der Waals surface area contributed by atoms with Gasteiger partial charge in [0.1, 0.15) is 0 Å². The Morgan fingerprint density at radius 3 is 2.82 bits per heavy atom. The van der Waals surface area contributed by atoms with Gasteiger partial charge in [-0.25, -0.2) is 0 Å². The molecule has 1 N–H and O–H groups in total. The summed E-state index contributed by atoms with van der Waals surface area (Å²) in [4.78, 5) is 0. The van der Waals surface area contributed by atoms with Gasteiger partial charge in [0.05, 0.1) is 0 Å². The van der Waals surface area contributed by atoms with Crippen molar-refractivity contribution < 1.29 is 0 Å². The van der Waals surface area contributed by atoms with Crippen molar-refractivity contribution in [1.82, 2.24) is 5.32 Å². The molecule has 0 amide bonds. The summed E-state index contributed by atoms with van der Waals surface area (Å²) in [6.07, 6.45) is 9.32. The van der Waals surface area contributed by atoms with Crippen LogP contribution in [0.3, 0.4) is 0 Å². The van der Waals surface area contributed by atoms with Gasteiger partial charge in [0.15, 0.2) is 0 Å². The Morgan fingerprint density at radius 1 is 1.06 bits per heavy atom. The quantitative estimate of drug-likeness (QED) is 0.703. The molecular weight excluding hydrogens is 206 g/mol. The van der Waals surface area contributed by atoms with Gasteiger partial charge in [0.2, 0.25) is 0 Å². The molecule has 0 radical (unpaired) electrons. The van der Waals surface area contributed by atoms with Crippen LogP contribution >= 0.6 is 0 Å². The Kier molecular flexibility index (Phi) is 5.06. The molecule has 17 heavy (non-hydrogen) atoms. The van der Waals surface area contributed by atoms with Crippen molar-refractivity contribution in [2.24, 2.45) is 0 Å². The summed E-state index contributed by atoms with van der Waals surface area (Å²) < 4.78 is 0. The maximum absolute atomic E-state index is 3.55. The highest BCUT2D eigenvalue weighted by atomic mass is 14.8. The lowest BCUT2D eigenvalue weighted by Crippen LogP contribution is -2.14. The molecule has 94 valence electrons. The first kappa shape index (κ1) is 12.6. The number of nitrogens with one attached hydrogen (secondary N) is 1. The average molecular weight is 231 g/mol. The fraction of sp³-hybridized carbons (Fsp3) is 0.625. The van der Waals surface area contributed by atoms with E-state index in [-0.39, 0.29) is 0 Å². The van der Waals surface area contributed by atoms with Crippen molar-refractivity contribution >= 4 is 0 Å². The van der Waals surface area contributed by atoms with E-state index in [4.69, 9.17) is 0 Å². The van der Waals surface area contributed by atoms with Gasteiger partial charge in [-0.2, -0.15) is 0 Å². The predicted octanol–water partition coefficient (Wildman–Crippen LogP) is 3.85. The number of fused-ring (bicyclic) bond motifs is 1. The van der Waals surface area contributed by atoms with Crippen LogP contribution < -0.4 is 5.32 Å². The molecule has 0 bridgehead atoms. The van der Waals surface area contributed by atoms with Crippen LogP contribution in [0.4, 0.5) is 0 Å². The van der Waals surface area contributed by atoms with Crippen LogP contribution in [0.1, 0.15) is 55.7 Å². The molecule has 1 aromatic carbocycles. The van der Waals surface area contributed by atoms with Gasteiger partial charge < -0.3 is 5.32 Å². The standard InChI is InChI=1S/C16H25N/c1-2-3-4-5-11-17-13-14-9-10-15-7-6-8-16(15)12-14/h9-10,12,17H,2-8,11,13H2,1H3. The van der Waals surface area contributed by atoms with Crippen LogP contribution in [-0.2, 0) is 19.4 Å². The Labute approximate surface area is 106 Å². The Morgan fingerprint density at radius 2 is 1.94 bits per heavy atom. The third kappa shape index (κ3) is 3.85. The van der Waals surface area contributed by atoms with E-state index in [2.05, 4.69) is 30.4 Å². The van der Waals surface area contributed by atoms with Crippen molar-refractivity contribution in [3.63, 3.8) is 0 Å². The van der Waals surface area contributed by atoms with Gasteiger partial charge in [-0.05, 0) is 48.9 Å². The molecule has 0 unspecified atom stereocenters. The molecule has 0 saturated carbocycles. The molecule has 2 rings (SSSR count). The van der Waals surface area contributed by atoms with E-state index in [1.165, 1.54) is 50.5 Å². The average Bonchev–Trinajstić information content (AvgIpc) is 2.81. The van der Waals surface area contributed by atoms with Crippen LogP contribution in [0.2, 0.25) is 0 Å². The summed E-state index contributed by atoms with van der Waals surface area (Å²) in [5, 5.41) is 3.55. The highest BCUT2D eigenvalue weighted by Crippen LogP contribution is 2.22. The van der Waals surface area contributed by atoms with Crippen LogP contribution in [0.15, 0.2) is 18.2 Å². The van der Waals surface area contributed by atoms with Crippen LogP contribution in [0, 0.1) is 0 Å². The minimum Gasteiger partial charge on any atom is -0.313 e. The highest BCUT2D eigenvalue weighted by molar-refractivity contribution is 5.35. The SMILES string of the molecule is CCCCCCNCc1ccc2c(c1)CCC2. The summed E-state index contributed by atoms with van der Waals surface area (Å²) in [5.41, 5.74) is 4.63. The number of rotatable bonds is 7. The molecule has 0 fully saturated rings. The van der Waals surface area contributed by atoms with Gasteiger partial charge in [-0.3, -0.25) is 0 Å². The predicted molar refractivity (Wildman–Crippen MR) is 74.3 cm³/mol. The smallest absolute Gasteiger partial charge is 0.0205 e. The minimum atomic E-state index is 1.04. The topological polar surface area (TPSA) is 12.0 Å². The van der Waals surface area contributed by atoms with Gasteiger partial charge in [-0.15, -0.1) is 0 Å². The Bertz CT molecular complexity index is 343. The van der Waals surface area contributed by atoms with Crippen molar-refractivity contribution in [2.75, 3.05) is 6.54 Å². The van der Waals surface area contributed by atoms with Crippen LogP contribution in [0.25, 0.3) is 0 Å². The number of unbranched alkanes of at least 4 members (excludes halogenated alkanes) is 3. The third-order valence-corrected chi connectivity index (χ3v) is 3.70. The largest absolute Gasteiger partial charge is 0.313 e. The maximum atomic E-state index is 3.55. The third-order valence-electron chi connectivity index (χ3n) is 3.70. The van der Waals surface area contributed by atoms with Crippen molar-refractivity contribution in [1.29, 1.82) is 0 Å². The molecule has 1 heteroatoms. The second-order valence-corrected chi connectivity index (χ2v) is 5.19. The number of hydrogen-bond acceptors (Lipinski definition) is 1. The van der Waals surface area contributed by atoms with E-state index < -0.39 is 0 Å². The summed E-state index contributed by atoms with van der Waals surface area (Å²) in [6, 6.07) is 7.03. The lowest BCUT2D eigenvalue weighted by molar-refractivity contribution is 0.598. The molecule has 1 nitrogen and oxygen atoms in total. The second-order valence-electron chi connectivity index (χ2n) is 5.19. The molecule has 0 aromatic heterocycles. The maximum Gasteiger partial charge on any atom is 0.0205 e. The van der Waals surface area contributed by atoms with E-state index in [0.717, 1.165) is 13.1 Å². The van der Waals surface area contributed by atoms with E-state index in [9.17, 15) is 0 Å². The number of benzene rings is 1. The Hall–Kier alpha value is -0.820. The number of aryl methyl sites for hydroxylation is 2. The van der Waals surface area contributed by atoms with Gasteiger partial charge in [0.25, 0.3) is 0 Å². The fourth-order valence-corrected chi connectivity index (χ4v) is 2.64. The summed E-state index contributed by atoms with van der Waals surface area (Å²) in [7, 11) is 0. The van der Waals surface area contributed by atoms with Gasteiger partial charge in [-0.1, -0.05) is 44.4 Å². The van der Waals surface area contributed by atoms with Gasteiger partial charge in [0, 0.05) is 6.54 Å². The fourth-order valence-electron chi connectivity index (χ4n) is 2.64. The van der Waals surface area contributed by atoms with Crippen LogP contribution in [-0.4, -0.2) is 6.54 Å². The molecule has 0 heterocycles. The first-order chi connectivity index (χ1) is 8.40. The lowest BCUT2D eigenvalue weighted by atomic mass is 10.1. The Balaban J connectivity index is 1.69. The molecule has 0 aliphatic heterocycles. The molecule has 0 saturated heterocycles. The lowest BCUT2D eigenvalue weighted by Gasteiger charge is -2.07. The minimum absolute atomic E-state index is 1.04. The molecule has 0 spiro atoms. The molecule has 1 aliphatic carbocycles. The highest BCUT2D eigenvalue weighted by Gasteiger charge is 2.10. The van der Waals surface area contributed by atoms with Crippen LogP contribution in [0.5, 0.6) is 0 Å². The molecule has 1 aliphatic rings. The first-order valence-electron chi connectivity index (χ1n) is 7.21. The number of hydrogen-bond donors (Lipinski definition) is 1. The summed E-state index contributed by atoms with van der Waals surface area (Å²) in [5.74, 6) is 0. The van der Waals surface area contributed by atoms with Gasteiger partial charge >= 0.3 is 0 Å². The van der Waals surface area contributed by atoms with E-state index >= 15 is 0 Å². The zero-order chi connectivity index (χ0) is 11.9.